The zero-order chi connectivity index (χ0) is 16.1. The Morgan fingerprint density at radius 2 is 1.67 bits per heavy atom. The van der Waals surface area contributed by atoms with Crippen molar-refractivity contribution in [2.45, 2.75) is 58.7 Å². The van der Waals surface area contributed by atoms with E-state index in [0.29, 0.717) is 6.04 Å². The van der Waals surface area contributed by atoms with E-state index in [1.165, 1.54) is 5.56 Å². The largest absolute Gasteiger partial charge is 0.310 e. The Morgan fingerprint density at radius 3 is 2.10 bits per heavy atom. The van der Waals surface area contributed by atoms with Gasteiger partial charge in [0.1, 0.15) is 0 Å². The number of hydrogen-bond donors (Lipinski definition) is 1. The first kappa shape index (κ1) is 17.9. The van der Waals surface area contributed by atoms with E-state index in [2.05, 4.69) is 88.7 Å². The second-order valence-electron chi connectivity index (χ2n) is 7.67. The molecule has 21 heavy (non-hydrogen) atoms. The average Bonchev–Trinajstić information content (AvgIpc) is 2.36. The third kappa shape index (κ3) is 6.03. The fourth-order valence-corrected chi connectivity index (χ4v) is 2.49. The number of nitrogens with zero attached hydrogens (tertiary/aromatic N) is 1. The molecule has 2 nitrogen and oxygen atoms in total. The Balaban J connectivity index is 3.07. The summed E-state index contributed by atoms with van der Waals surface area (Å²) in [4.78, 5) is 2.51. The van der Waals surface area contributed by atoms with Gasteiger partial charge < -0.3 is 5.32 Å². The normalized spacial score (nSPS) is 14.2. The maximum Gasteiger partial charge on any atom is 0.0481 e. The quantitative estimate of drug-likeness (QED) is 0.780. The van der Waals surface area contributed by atoms with Crippen molar-refractivity contribution in [3.63, 3.8) is 0 Å². The van der Waals surface area contributed by atoms with Gasteiger partial charge in [-0.15, -0.1) is 6.58 Å². The van der Waals surface area contributed by atoms with Crippen molar-refractivity contribution in [2.24, 2.45) is 0 Å². The van der Waals surface area contributed by atoms with Gasteiger partial charge >= 0.3 is 0 Å². The van der Waals surface area contributed by atoms with Crippen molar-refractivity contribution in [2.75, 3.05) is 13.1 Å². The maximum absolute atomic E-state index is 3.94. The number of rotatable bonds is 6. The fourth-order valence-electron chi connectivity index (χ4n) is 2.49. The Labute approximate surface area is 131 Å². The Bertz CT molecular complexity index is 423. The lowest BCUT2D eigenvalue weighted by atomic mass is 9.96. The first-order valence-corrected chi connectivity index (χ1v) is 7.83. The van der Waals surface area contributed by atoms with Gasteiger partial charge in [-0.3, -0.25) is 4.90 Å². The Kier molecular flexibility index (Phi) is 6.18. The summed E-state index contributed by atoms with van der Waals surface area (Å²) in [5.74, 6) is 0. The summed E-state index contributed by atoms with van der Waals surface area (Å²) in [6.07, 6.45) is 2.00. The van der Waals surface area contributed by atoms with E-state index in [4.69, 9.17) is 0 Å². The van der Waals surface area contributed by atoms with E-state index < -0.39 is 0 Å². The molecule has 1 aromatic carbocycles. The second kappa shape index (κ2) is 7.24. The number of hydrogen-bond acceptors (Lipinski definition) is 2. The van der Waals surface area contributed by atoms with Gasteiger partial charge in [0, 0.05) is 30.2 Å². The first-order valence-electron chi connectivity index (χ1n) is 7.83. The van der Waals surface area contributed by atoms with Gasteiger partial charge in [-0.2, -0.15) is 0 Å². The third-order valence-electron chi connectivity index (χ3n) is 3.57. The summed E-state index contributed by atoms with van der Waals surface area (Å²) in [5.41, 5.74) is 1.56. The van der Waals surface area contributed by atoms with Gasteiger partial charge in [-0.25, -0.2) is 0 Å². The molecule has 0 fully saturated rings. The van der Waals surface area contributed by atoms with E-state index in [9.17, 15) is 0 Å². The maximum atomic E-state index is 3.94. The van der Waals surface area contributed by atoms with Crippen molar-refractivity contribution in [3.8, 4) is 0 Å². The third-order valence-corrected chi connectivity index (χ3v) is 3.57. The van der Waals surface area contributed by atoms with E-state index >= 15 is 0 Å². The molecule has 0 aromatic heterocycles. The number of benzene rings is 1. The molecule has 1 rings (SSSR count). The zero-order valence-electron chi connectivity index (χ0n) is 14.6. The van der Waals surface area contributed by atoms with Crippen LogP contribution in [0.2, 0.25) is 0 Å². The molecule has 0 heterocycles. The van der Waals surface area contributed by atoms with Crippen LogP contribution >= 0.6 is 0 Å². The number of nitrogens with one attached hydrogen (secondary N) is 1. The minimum absolute atomic E-state index is 0.0915. The van der Waals surface area contributed by atoms with Crippen molar-refractivity contribution in [3.05, 3.63) is 48.6 Å². The van der Waals surface area contributed by atoms with Crippen LogP contribution in [0.25, 0.3) is 0 Å². The molecule has 0 aliphatic heterocycles. The fraction of sp³-hybridized carbons (Fsp3) is 0.579. The van der Waals surface area contributed by atoms with Crippen LogP contribution in [0.5, 0.6) is 0 Å². The van der Waals surface area contributed by atoms with Crippen LogP contribution in [0.1, 0.15) is 53.1 Å². The molecule has 1 unspecified atom stereocenters. The van der Waals surface area contributed by atoms with Crippen molar-refractivity contribution in [1.29, 1.82) is 0 Å². The van der Waals surface area contributed by atoms with Crippen LogP contribution in [-0.4, -0.2) is 29.1 Å². The molecule has 0 aliphatic carbocycles. The first-order chi connectivity index (χ1) is 9.65. The van der Waals surface area contributed by atoms with Crippen molar-refractivity contribution in [1.82, 2.24) is 10.2 Å². The molecule has 1 atom stereocenters. The standard InChI is InChI=1S/C19H32N2/c1-8-14-21(19(5,6)7)17(15-20-18(2,3)4)16-12-10-9-11-13-16/h8-13,17,20H,1,14-15H2,2-7H3. The smallest absolute Gasteiger partial charge is 0.0481 e. The van der Waals surface area contributed by atoms with Crippen LogP contribution in [0.4, 0.5) is 0 Å². The second-order valence-corrected chi connectivity index (χ2v) is 7.67. The van der Waals surface area contributed by atoms with Gasteiger partial charge in [-0.05, 0) is 47.1 Å². The van der Waals surface area contributed by atoms with Gasteiger partial charge in [-0.1, -0.05) is 36.4 Å². The molecule has 0 saturated carbocycles. The molecule has 1 aromatic rings. The van der Waals surface area contributed by atoms with Crippen LogP contribution in [-0.2, 0) is 0 Å². The van der Waals surface area contributed by atoms with Crippen molar-refractivity contribution < 1.29 is 0 Å². The SMILES string of the molecule is C=CCN(C(CNC(C)(C)C)c1ccccc1)C(C)(C)C. The molecular weight excluding hydrogens is 256 g/mol. The summed E-state index contributed by atoms with van der Waals surface area (Å²) < 4.78 is 0. The molecule has 0 saturated heterocycles. The van der Waals surface area contributed by atoms with E-state index in [0.717, 1.165) is 13.1 Å². The lowest BCUT2D eigenvalue weighted by Crippen LogP contribution is -2.49. The molecule has 1 N–H and O–H groups in total. The highest BCUT2D eigenvalue weighted by molar-refractivity contribution is 5.20. The van der Waals surface area contributed by atoms with Crippen LogP contribution in [0.3, 0.4) is 0 Å². The van der Waals surface area contributed by atoms with E-state index in [1.807, 2.05) is 6.08 Å². The summed E-state index contributed by atoms with van der Waals surface area (Å²) in [6.45, 7) is 19.2. The van der Waals surface area contributed by atoms with Gasteiger partial charge in [0.15, 0.2) is 0 Å². The molecule has 0 radical (unpaired) electrons. The van der Waals surface area contributed by atoms with Gasteiger partial charge in [0.05, 0.1) is 0 Å². The van der Waals surface area contributed by atoms with Crippen LogP contribution in [0.15, 0.2) is 43.0 Å². The lowest BCUT2D eigenvalue weighted by molar-refractivity contribution is 0.0910. The van der Waals surface area contributed by atoms with Crippen LogP contribution in [0, 0.1) is 0 Å². The highest BCUT2D eigenvalue weighted by atomic mass is 15.2. The molecule has 2 heteroatoms. The lowest BCUT2D eigenvalue weighted by Gasteiger charge is -2.42. The monoisotopic (exact) mass is 288 g/mol. The molecule has 0 aliphatic rings. The molecule has 0 amide bonds. The van der Waals surface area contributed by atoms with Gasteiger partial charge in [0.2, 0.25) is 0 Å². The summed E-state index contributed by atoms with van der Waals surface area (Å²) in [5, 5.41) is 3.66. The van der Waals surface area contributed by atoms with Gasteiger partial charge in [0.25, 0.3) is 0 Å². The Hall–Kier alpha value is -1.12. The Morgan fingerprint density at radius 1 is 1.10 bits per heavy atom. The van der Waals surface area contributed by atoms with E-state index in [-0.39, 0.29) is 11.1 Å². The zero-order valence-corrected chi connectivity index (χ0v) is 14.6. The topological polar surface area (TPSA) is 15.3 Å². The predicted octanol–water partition coefficient (Wildman–Crippen LogP) is 4.40. The summed E-state index contributed by atoms with van der Waals surface area (Å²) in [6, 6.07) is 11.1. The van der Waals surface area contributed by atoms with Crippen LogP contribution < -0.4 is 5.32 Å². The molecule has 0 bridgehead atoms. The minimum Gasteiger partial charge on any atom is -0.310 e. The average molecular weight is 288 g/mol. The highest BCUT2D eigenvalue weighted by Gasteiger charge is 2.29. The summed E-state index contributed by atoms with van der Waals surface area (Å²) in [7, 11) is 0. The van der Waals surface area contributed by atoms with Crippen molar-refractivity contribution >= 4 is 0 Å². The van der Waals surface area contributed by atoms with E-state index in [1.54, 1.807) is 0 Å². The minimum atomic E-state index is 0.0915. The molecule has 0 spiro atoms. The molecule has 118 valence electrons. The molecular formula is C19H32N2. The highest BCUT2D eigenvalue weighted by Crippen LogP contribution is 2.28. The summed E-state index contributed by atoms with van der Waals surface area (Å²) >= 11 is 0. The predicted molar refractivity (Wildman–Crippen MR) is 93.6 cm³/mol.